The van der Waals surface area contributed by atoms with Crippen molar-refractivity contribution in [2.24, 2.45) is 0 Å². The fourth-order valence-electron chi connectivity index (χ4n) is 1.93. The van der Waals surface area contributed by atoms with E-state index in [1.54, 1.807) is 0 Å². The van der Waals surface area contributed by atoms with Crippen molar-refractivity contribution in [3.05, 3.63) is 0 Å². The molecule has 0 aromatic heterocycles. The summed E-state index contributed by atoms with van der Waals surface area (Å²) in [7, 11) is -1.92. The van der Waals surface area contributed by atoms with Crippen LogP contribution in [0.2, 0.25) is 18.6 Å². The van der Waals surface area contributed by atoms with Gasteiger partial charge in [-0.15, -0.1) is 0 Å². The molecule has 0 aliphatic rings. The molecule has 0 amide bonds. The van der Waals surface area contributed by atoms with Crippen molar-refractivity contribution in [1.82, 2.24) is 0 Å². The van der Waals surface area contributed by atoms with Crippen LogP contribution in [0.3, 0.4) is 0 Å². The molecule has 0 radical (unpaired) electrons. The van der Waals surface area contributed by atoms with Crippen molar-refractivity contribution in [3.8, 4) is 0 Å². The summed E-state index contributed by atoms with van der Waals surface area (Å²) in [5.41, 5.74) is 0.415. The van der Waals surface area contributed by atoms with Gasteiger partial charge in [-0.05, 0) is 25.1 Å². The molecular formula is C17H36O3Si. The van der Waals surface area contributed by atoms with Crippen LogP contribution < -0.4 is 0 Å². The lowest BCUT2D eigenvalue weighted by Crippen LogP contribution is -2.36. The number of hydrogen-bond donors (Lipinski definition) is 0. The van der Waals surface area contributed by atoms with Crippen LogP contribution in [-0.4, -0.2) is 21.1 Å². The summed E-state index contributed by atoms with van der Waals surface area (Å²) in [5, 5.41) is 0. The highest BCUT2D eigenvalue weighted by Crippen LogP contribution is 2.21. The summed E-state index contributed by atoms with van der Waals surface area (Å²) in [6.07, 6.45) is 10.9. The Kier molecular flexibility index (Phi) is 11.8. The van der Waals surface area contributed by atoms with Crippen molar-refractivity contribution < 1.29 is 14.0 Å². The monoisotopic (exact) mass is 316 g/mol. The maximum absolute atomic E-state index is 11.6. The molecule has 21 heavy (non-hydrogen) atoms. The van der Waals surface area contributed by atoms with E-state index in [2.05, 4.69) is 33.9 Å². The largest absolute Gasteiger partial charge is 0.494 e. The Bertz CT molecular complexity index is 265. The minimum Gasteiger partial charge on any atom is -0.489 e. The summed E-state index contributed by atoms with van der Waals surface area (Å²) in [6, 6.07) is 0. The molecule has 0 atom stereocenters. The fourth-order valence-corrected chi connectivity index (χ4v) is 2.65. The maximum Gasteiger partial charge on any atom is 0.494 e. The smallest absolute Gasteiger partial charge is 0.489 e. The van der Waals surface area contributed by atoms with Crippen LogP contribution in [0.25, 0.3) is 0 Å². The summed E-state index contributed by atoms with van der Waals surface area (Å²) < 4.78 is 10.6. The fraction of sp³-hybridized carbons (Fsp3) is 0.941. The lowest BCUT2D eigenvalue weighted by Gasteiger charge is -2.25. The highest BCUT2D eigenvalue weighted by atomic mass is 28.4. The summed E-state index contributed by atoms with van der Waals surface area (Å²) in [6.45, 7) is 11.0. The predicted molar refractivity (Wildman–Crippen MR) is 92.2 cm³/mol. The second-order valence-electron chi connectivity index (χ2n) is 6.79. The Morgan fingerprint density at radius 1 is 0.905 bits per heavy atom. The molecule has 0 aliphatic heterocycles. The van der Waals surface area contributed by atoms with E-state index in [1.807, 2.05) is 0 Å². The summed E-state index contributed by atoms with van der Waals surface area (Å²) >= 11 is 0. The predicted octanol–water partition coefficient (Wildman–Crippen LogP) is 6.29. The lowest BCUT2D eigenvalue weighted by molar-refractivity contribution is 0.0940. The first-order chi connectivity index (χ1) is 9.90. The van der Waals surface area contributed by atoms with E-state index in [9.17, 15) is 4.79 Å². The molecule has 0 unspecified atom stereocenters. The molecule has 126 valence electrons. The third-order valence-corrected chi connectivity index (χ3v) is 7.68. The van der Waals surface area contributed by atoms with E-state index >= 15 is 0 Å². The van der Waals surface area contributed by atoms with Crippen LogP contribution in [-0.2, 0) is 9.16 Å². The zero-order valence-corrected chi connectivity index (χ0v) is 15.9. The van der Waals surface area contributed by atoms with Crippen molar-refractivity contribution in [1.29, 1.82) is 0 Å². The molecule has 0 saturated heterocycles. The van der Waals surface area contributed by atoms with Crippen molar-refractivity contribution >= 4 is 14.5 Å². The Hall–Kier alpha value is -0.513. The molecule has 0 aliphatic carbocycles. The standard InChI is InChI=1S/C17H36O3Si/c1-6-7-8-9-10-11-12-13-14-15-19-17(18)20-21(4,5)16(2)3/h16H,6-15H2,1-5H3. The number of unbranched alkanes of at least 4 members (excludes halogenated alkanes) is 8. The highest BCUT2D eigenvalue weighted by Gasteiger charge is 2.31. The number of rotatable bonds is 12. The molecule has 0 N–H and O–H groups in total. The third kappa shape index (κ3) is 11.8. The first-order valence-electron chi connectivity index (χ1n) is 8.76. The van der Waals surface area contributed by atoms with E-state index < -0.39 is 14.5 Å². The van der Waals surface area contributed by atoms with Gasteiger partial charge < -0.3 is 9.16 Å². The summed E-state index contributed by atoms with van der Waals surface area (Å²) in [4.78, 5) is 11.6. The second kappa shape index (κ2) is 12.1. The topological polar surface area (TPSA) is 35.5 Å². The summed E-state index contributed by atoms with van der Waals surface area (Å²) in [5.74, 6) is 0. The molecule has 0 rings (SSSR count). The molecule has 0 saturated carbocycles. The first kappa shape index (κ1) is 20.5. The Morgan fingerprint density at radius 2 is 1.38 bits per heavy atom. The number of carbonyl (C=O) groups is 1. The average molecular weight is 317 g/mol. The van der Waals surface area contributed by atoms with Gasteiger partial charge in [-0.1, -0.05) is 72.1 Å². The van der Waals surface area contributed by atoms with Crippen LogP contribution in [0.4, 0.5) is 4.79 Å². The Labute approximate surface area is 132 Å². The minimum atomic E-state index is -1.92. The van der Waals surface area contributed by atoms with E-state index in [4.69, 9.17) is 9.16 Å². The maximum atomic E-state index is 11.6. The molecule has 0 fully saturated rings. The number of carbonyl (C=O) groups excluding carboxylic acids is 1. The van der Waals surface area contributed by atoms with E-state index in [-0.39, 0.29) is 0 Å². The number of ether oxygens (including phenoxy) is 1. The van der Waals surface area contributed by atoms with Crippen LogP contribution >= 0.6 is 0 Å². The molecule has 0 bridgehead atoms. The van der Waals surface area contributed by atoms with Crippen LogP contribution in [0.5, 0.6) is 0 Å². The molecular weight excluding hydrogens is 280 g/mol. The van der Waals surface area contributed by atoms with Crippen LogP contribution in [0, 0.1) is 0 Å². The van der Waals surface area contributed by atoms with Gasteiger partial charge in [0, 0.05) is 0 Å². The normalized spacial score (nSPS) is 11.7. The van der Waals surface area contributed by atoms with Crippen LogP contribution in [0.15, 0.2) is 0 Å². The van der Waals surface area contributed by atoms with E-state index in [0.717, 1.165) is 12.8 Å². The lowest BCUT2D eigenvalue weighted by atomic mass is 10.1. The van der Waals surface area contributed by atoms with Crippen molar-refractivity contribution in [2.75, 3.05) is 6.61 Å². The quantitative estimate of drug-likeness (QED) is 0.241. The highest BCUT2D eigenvalue weighted by molar-refractivity contribution is 6.73. The molecule has 0 aromatic rings. The zero-order valence-electron chi connectivity index (χ0n) is 14.9. The van der Waals surface area contributed by atoms with Crippen molar-refractivity contribution in [2.45, 2.75) is 97.2 Å². The third-order valence-electron chi connectivity index (χ3n) is 4.20. The molecule has 0 aromatic carbocycles. The molecule has 0 heterocycles. The Balaban J connectivity index is 3.41. The van der Waals surface area contributed by atoms with Gasteiger partial charge in [0.2, 0.25) is 0 Å². The molecule has 3 nitrogen and oxygen atoms in total. The minimum absolute atomic E-state index is 0.415. The van der Waals surface area contributed by atoms with E-state index in [0.29, 0.717) is 12.1 Å². The van der Waals surface area contributed by atoms with E-state index in [1.165, 1.54) is 44.9 Å². The average Bonchev–Trinajstić information content (AvgIpc) is 2.40. The van der Waals surface area contributed by atoms with Gasteiger partial charge in [-0.2, -0.15) is 0 Å². The Morgan fingerprint density at radius 3 is 1.86 bits per heavy atom. The SMILES string of the molecule is CCCCCCCCCCCOC(=O)O[Si](C)(C)C(C)C. The van der Waals surface area contributed by atoms with Gasteiger partial charge in [0.15, 0.2) is 0 Å². The zero-order chi connectivity index (χ0) is 16.1. The second-order valence-corrected chi connectivity index (χ2v) is 11.4. The van der Waals surface area contributed by atoms with Crippen LogP contribution in [0.1, 0.15) is 78.6 Å². The van der Waals surface area contributed by atoms with Gasteiger partial charge in [0.25, 0.3) is 8.32 Å². The van der Waals surface area contributed by atoms with Gasteiger partial charge in [0.05, 0.1) is 6.61 Å². The van der Waals surface area contributed by atoms with Gasteiger partial charge in [0.1, 0.15) is 0 Å². The van der Waals surface area contributed by atoms with Gasteiger partial charge in [-0.3, -0.25) is 0 Å². The van der Waals surface area contributed by atoms with Crippen molar-refractivity contribution in [3.63, 3.8) is 0 Å². The molecule has 4 heteroatoms. The number of hydrogen-bond acceptors (Lipinski definition) is 3. The van der Waals surface area contributed by atoms with Gasteiger partial charge >= 0.3 is 6.16 Å². The first-order valence-corrected chi connectivity index (χ1v) is 11.7. The van der Waals surface area contributed by atoms with Gasteiger partial charge in [-0.25, -0.2) is 4.79 Å². The molecule has 0 spiro atoms.